The van der Waals surface area contributed by atoms with Crippen LogP contribution in [0.25, 0.3) is 0 Å². The Labute approximate surface area is 68.0 Å². The first-order valence-electron chi connectivity index (χ1n) is 3.62. The van der Waals surface area contributed by atoms with Crippen LogP contribution in [0.3, 0.4) is 0 Å². The number of rotatable bonds is 5. The molecule has 0 saturated heterocycles. The van der Waals surface area contributed by atoms with Gasteiger partial charge in [-0.2, -0.15) is 0 Å². The van der Waals surface area contributed by atoms with Crippen LogP contribution in [-0.2, 0) is 4.18 Å². The maximum absolute atomic E-state index is 5.10. The van der Waals surface area contributed by atoms with Crippen LogP contribution in [-0.4, -0.2) is 12.9 Å². The van der Waals surface area contributed by atoms with Crippen LogP contribution in [0.5, 0.6) is 0 Å². The average molecular weight is 160 g/mol. The van der Waals surface area contributed by atoms with Crippen LogP contribution in [0.4, 0.5) is 0 Å². The fourth-order valence-electron chi connectivity index (χ4n) is 0.581. The molecule has 0 aromatic heterocycles. The fraction of sp³-hybridized carbons (Fsp3) is 0.750. The van der Waals surface area contributed by atoms with Gasteiger partial charge in [-0.05, 0) is 31.8 Å². The van der Waals surface area contributed by atoms with Gasteiger partial charge in [0.1, 0.15) is 0 Å². The van der Waals surface area contributed by atoms with Gasteiger partial charge >= 0.3 is 0 Å². The summed E-state index contributed by atoms with van der Waals surface area (Å²) in [6.45, 7) is 5.15. The Bertz CT molecular complexity index is 99.4. The molecule has 0 saturated carbocycles. The van der Waals surface area contributed by atoms with E-state index in [0.717, 1.165) is 19.4 Å². The molecule has 0 aromatic carbocycles. The molecular weight excluding hydrogens is 144 g/mol. The minimum absolute atomic E-state index is 0.832. The van der Waals surface area contributed by atoms with E-state index in [1.54, 1.807) is 0 Å². The zero-order valence-corrected chi connectivity index (χ0v) is 7.83. The molecule has 0 spiro atoms. The highest BCUT2D eigenvalue weighted by molar-refractivity contribution is 7.93. The lowest BCUT2D eigenvalue weighted by atomic mass is 10.2. The van der Waals surface area contributed by atoms with Crippen LogP contribution in [0.15, 0.2) is 11.6 Å². The van der Waals surface area contributed by atoms with E-state index in [1.807, 2.05) is 6.26 Å². The summed E-state index contributed by atoms with van der Waals surface area (Å²) in [5, 5.41) is 0. The smallest absolute Gasteiger partial charge is 0.0648 e. The average Bonchev–Trinajstić information content (AvgIpc) is 1.98. The lowest BCUT2D eigenvalue weighted by Crippen LogP contribution is -1.83. The standard InChI is InChI=1S/C8H16OS/c1-4-8(2)6-5-7-9-10-3/h6H,4-5,7H2,1-3H3. The Balaban J connectivity index is 3.16. The largest absolute Gasteiger partial charge is 0.315 e. The summed E-state index contributed by atoms with van der Waals surface area (Å²) < 4.78 is 5.10. The first kappa shape index (κ1) is 10.0. The highest BCUT2D eigenvalue weighted by Gasteiger charge is 1.84. The Hall–Kier alpha value is 0.0500. The number of allylic oxidation sites excluding steroid dienone is 1. The molecule has 10 heavy (non-hydrogen) atoms. The monoisotopic (exact) mass is 160 g/mol. The number of hydrogen-bond donors (Lipinski definition) is 0. The molecule has 0 N–H and O–H groups in total. The second-order valence-electron chi connectivity index (χ2n) is 2.18. The van der Waals surface area contributed by atoms with Crippen LogP contribution < -0.4 is 0 Å². The van der Waals surface area contributed by atoms with E-state index in [2.05, 4.69) is 19.9 Å². The molecule has 0 amide bonds. The van der Waals surface area contributed by atoms with Crippen LogP contribution in [0.1, 0.15) is 26.7 Å². The topological polar surface area (TPSA) is 9.23 Å². The molecule has 0 aromatic rings. The van der Waals surface area contributed by atoms with Crippen molar-refractivity contribution in [3.63, 3.8) is 0 Å². The predicted octanol–water partition coefficient (Wildman–Crippen LogP) is 3.03. The SMILES string of the molecule is CCC(C)=CCCOSC. The van der Waals surface area contributed by atoms with Gasteiger partial charge in [-0.3, -0.25) is 0 Å². The maximum Gasteiger partial charge on any atom is 0.0648 e. The molecule has 0 fully saturated rings. The zero-order chi connectivity index (χ0) is 7.82. The van der Waals surface area contributed by atoms with Crippen molar-refractivity contribution >= 4 is 12.0 Å². The van der Waals surface area contributed by atoms with Crippen molar-refractivity contribution in [2.75, 3.05) is 12.9 Å². The van der Waals surface area contributed by atoms with E-state index in [-0.39, 0.29) is 0 Å². The summed E-state index contributed by atoms with van der Waals surface area (Å²) in [7, 11) is 0. The molecule has 0 aliphatic heterocycles. The molecule has 0 bridgehead atoms. The van der Waals surface area contributed by atoms with Gasteiger partial charge in [0, 0.05) is 6.26 Å². The van der Waals surface area contributed by atoms with E-state index < -0.39 is 0 Å². The second-order valence-corrected chi connectivity index (χ2v) is 2.75. The van der Waals surface area contributed by atoms with Crippen LogP contribution in [0.2, 0.25) is 0 Å². The molecule has 0 heterocycles. The van der Waals surface area contributed by atoms with Crippen molar-refractivity contribution in [3.05, 3.63) is 11.6 Å². The third kappa shape index (κ3) is 6.17. The molecule has 0 rings (SSSR count). The maximum atomic E-state index is 5.10. The van der Waals surface area contributed by atoms with E-state index >= 15 is 0 Å². The summed E-state index contributed by atoms with van der Waals surface area (Å²) >= 11 is 1.43. The summed E-state index contributed by atoms with van der Waals surface area (Å²) in [4.78, 5) is 0. The van der Waals surface area contributed by atoms with Crippen molar-refractivity contribution in [2.45, 2.75) is 26.7 Å². The first-order chi connectivity index (χ1) is 4.81. The van der Waals surface area contributed by atoms with E-state index in [4.69, 9.17) is 4.18 Å². The Morgan fingerprint density at radius 2 is 2.30 bits per heavy atom. The van der Waals surface area contributed by atoms with Crippen LogP contribution >= 0.6 is 12.0 Å². The molecule has 0 unspecified atom stereocenters. The fourth-order valence-corrected chi connectivity index (χ4v) is 0.844. The van der Waals surface area contributed by atoms with Gasteiger partial charge in [-0.15, -0.1) is 0 Å². The highest BCUT2D eigenvalue weighted by atomic mass is 32.2. The van der Waals surface area contributed by atoms with Crippen molar-refractivity contribution in [2.24, 2.45) is 0 Å². The third-order valence-corrected chi connectivity index (χ3v) is 1.77. The molecule has 60 valence electrons. The Morgan fingerprint density at radius 3 is 2.80 bits per heavy atom. The van der Waals surface area contributed by atoms with E-state index in [1.165, 1.54) is 17.6 Å². The Morgan fingerprint density at radius 1 is 1.60 bits per heavy atom. The van der Waals surface area contributed by atoms with Crippen molar-refractivity contribution in [3.8, 4) is 0 Å². The number of hydrogen-bond acceptors (Lipinski definition) is 2. The lowest BCUT2D eigenvalue weighted by Gasteiger charge is -1.96. The van der Waals surface area contributed by atoms with Crippen molar-refractivity contribution < 1.29 is 4.18 Å². The van der Waals surface area contributed by atoms with Gasteiger partial charge < -0.3 is 4.18 Å². The molecule has 0 radical (unpaired) electrons. The molecule has 2 heteroatoms. The summed E-state index contributed by atoms with van der Waals surface area (Å²) in [6.07, 6.45) is 6.37. The second kappa shape index (κ2) is 7.16. The summed E-state index contributed by atoms with van der Waals surface area (Å²) in [6, 6.07) is 0. The van der Waals surface area contributed by atoms with Gasteiger partial charge in [-0.1, -0.05) is 18.6 Å². The van der Waals surface area contributed by atoms with Gasteiger partial charge in [-0.25, -0.2) is 0 Å². The van der Waals surface area contributed by atoms with Crippen molar-refractivity contribution in [1.29, 1.82) is 0 Å². The molecular formula is C8H16OS. The normalized spacial score (nSPS) is 12.1. The van der Waals surface area contributed by atoms with Gasteiger partial charge in [0.05, 0.1) is 6.61 Å². The molecule has 0 aliphatic carbocycles. The van der Waals surface area contributed by atoms with Gasteiger partial charge in [0.2, 0.25) is 0 Å². The quantitative estimate of drug-likeness (QED) is 0.347. The van der Waals surface area contributed by atoms with Crippen LogP contribution in [0, 0.1) is 0 Å². The predicted molar refractivity (Wildman–Crippen MR) is 48.1 cm³/mol. The summed E-state index contributed by atoms with van der Waals surface area (Å²) in [5.41, 5.74) is 1.45. The van der Waals surface area contributed by atoms with Crippen molar-refractivity contribution in [1.82, 2.24) is 0 Å². The minimum Gasteiger partial charge on any atom is -0.315 e. The van der Waals surface area contributed by atoms with E-state index in [0.29, 0.717) is 0 Å². The molecule has 0 aliphatic rings. The zero-order valence-electron chi connectivity index (χ0n) is 7.02. The third-order valence-electron chi connectivity index (χ3n) is 1.37. The van der Waals surface area contributed by atoms with Gasteiger partial charge in [0.15, 0.2) is 0 Å². The van der Waals surface area contributed by atoms with E-state index in [9.17, 15) is 0 Å². The first-order valence-corrected chi connectivity index (χ1v) is 4.77. The minimum atomic E-state index is 0.832. The molecule has 0 atom stereocenters. The lowest BCUT2D eigenvalue weighted by molar-refractivity contribution is 0.384. The molecule has 1 nitrogen and oxygen atoms in total. The van der Waals surface area contributed by atoms with Gasteiger partial charge in [0.25, 0.3) is 0 Å². The Kier molecular flexibility index (Phi) is 7.20. The highest BCUT2D eigenvalue weighted by Crippen LogP contribution is 2.02. The summed E-state index contributed by atoms with van der Waals surface area (Å²) in [5.74, 6) is 0.